The van der Waals surface area contributed by atoms with Crippen LogP contribution in [0.5, 0.6) is 0 Å². The van der Waals surface area contributed by atoms with Crippen LogP contribution in [0.4, 0.5) is 0 Å². The summed E-state index contributed by atoms with van der Waals surface area (Å²) in [4.78, 5) is 0. The van der Waals surface area contributed by atoms with Crippen LogP contribution < -0.4 is 0 Å². The SMILES string of the molecule is C[Si]1(C)CC(CCCOCC2CO2)O[Si](C)(C)[Si]1(C)C. The number of rotatable bonds is 6. The van der Waals surface area contributed by atoms with Gasteiger partial charge in [0.2, 0.25) is 0 Å². The molecule has 0 aromatic carbocycles. The zero-order valence-corrected chi connectivity index (χ0v) is 17.1. The van der Waals surface area contributed by atoms with E-state index in [-0.39, 0.29) is 0 Å². The van der Waals surface area contributed by atoms with Crippen LogP contribution in [0.3, 0.4) is 0 Å². The van der Waals surface area contributed by atoms with Gasteiger partial charge in [0.1, 0.15) is 6.10 Å². The van der Waals surface area contributed by atoms with Crippen molar-refractivity contribution in [2.24, 2.45) is 0 Å². The Kier molecular flexibility index (Phi) is 5.04. The fourth-order valence-electron chi connectivity index (χ4n) is 3.20. The second kappa shape index (κ2) is 5.97. The van der Waals surface area contributed by atoms with Gasteiger partial charge in [-0.25, -0.2) is 0 Å². The maximum atomic E-state index is 6.62. The molecule has 0 saturated carbocycles. The molecule has 0 N–H and O–H groups in total. The topological polar surface area (TPSA) is 31.0 Å². The second-order valence-corrected chi connectivity index (χ2v) is 35.5. The summed E-state index contributed by atoms with van der Waals surface area (Å²) in [5.41, 5.74) is 0. The van der Waals surface area contributed by atoms with Crippen molar-refractivity contribution >= 4 is 22.5 Å². The summed E-state index contributed by atoms with van der Waals surface area (Å²) in [7, 11) is -3.67. The van der Waals surface area contributed by atoms with E-state index in [9.17, 15) is 0 Å². The fourth-order valence-corrected chi connectivity index (χ4v) is 32.9. The van der Waals surface area contributed by atoms with Gasteiger partial charge in [-0.3, -0.25) is 0 Å². The molecule has 0 aliphatic carbocycles. The highest BCUT2D eigenvalue weighted by atomic mass is 29.6. The Bertz CT molecular complexity index is 321. The standard InChI is InChI=1S/C14H32O3Si3/c1-18(2)12-13(17-19(3,4)20(18,5)6)8-7-9-15-10-14-11-16-14/h13-14H,7-12H2,1-6H3. The first kappa shape index (κ1) is 16.9. The molecule has 0 radical (unpaired) electrons. The lowest BCUT2D eigenvalue weighted by Gasteiger charge is -2.54. The Labute approximate surface area is 127 Å². The van der Waals surface area contributed by atoms with Gasteiger partial charge in [0.05, 0.1) is 20.3 Å². The molecule has 3 nitrogen and oxygen atoms in total. The van der Waals surface area contributed by atoms with Gasteiger partial charge in [0.15, 0.2) is 7.83 Å². The Morgan fingerprint density at radius 3 is 2.25 bits per heavy atom. The molecule has 2 unspecified atom stereocenters. The van der Waals surface area contributed by atoms with Crippen LogP contribution >= 0.6 is 0 Å². The van der Waals surface area contributed by atoms with Crippen molar-refractivity contribution in [1.82, 2.24) is 0 Å². The highest BCUT2D eigenvalue weighted by molar-refractivity contribution is 7.67. The van der Waals surface area contributed by atoms with Crippen LogP contribution in [0.15, 0.2) is 0 Å². The third-order valence-electron chi connectivity index (χ3n) is 5.92. The Hall–Kier alpha value is 0.531. The number of epoxide rings is 1. The molecule has 2 aliphatic heterocycles. The molecule has 0 spiro atoms. The van der Waals surface area contributed by atoms with Crippen molar-refractivity contribution in [2.75, 3.05) is 19.8 Å². The van der Waals surface area contributed by atoms with E-state index in [1.165, 1.54) is 12.5 Å². The molecule has 2 aliphatic rings. The van der Waals surface area contributed by atoms with E-state index in [1.54, 1.807) is 0 Å². The molecule has 0 aromatic heterocycles. The van der Waals surface area contributed by atoms with Crippen molar-refractivity contribution in [1.29, 1.82) is 0 Å². The summed E-state index contributed by atoms with van der Waals surface area (Å²) in [5, 5.41) is 0. The molecule has 2 rings (SSSR count). The summed E-state index contributed by atoms with van der Waals surface area (Å²) < 4.78 is 17.4. The van der Waals surface area contributed by atoms with Gasteiger partial charge in [-0.2, -0.15) is 0 Å². The molecular weight excluding hydrogens is 300 g/mol. The number of hydrogen-bond donors (Lipinski definition) is 0. The van der Waals surface area contributed by atoms with Crippen LogP contribution in [0.1, 0.15) is 12.8 Å². The average Bonchev–Trinajstić information content (AvgIpc) is 3.09. The largest absolute Gasteiger partial charge is 0.418 e. The summed E-state index contributed by atoms with van der Waals surface area (Å²) in [6, 6.07) is 1.37. The van der Waals surface area contributed by atoms with Crippen LogP contribution in [0.2, 0.25) is 45.3 Å². The summed E-state index contributed by atoms with van der Waals surface area (Å²) in [6.07, 6.45) is 3.22. The summed E-state index contributed by atoms with van der Waals surface area (Å²) in [6.45, 7) is 17.9. The first-order chi connectivity index (χ1) is 9.16. The Morgan fingerprint density at radius 2 is 1.70 bits per heavy atom. The molecule has 2 atom stereocenters. The maximum absolute atomic E-state index is 6.62. The molecule has 0 bridgehead atoms. The third-order valence-corrected chi connectivity index (χ3v) is 46.4. The highest BCUT2D eigenvalue weighted by Gasteiger charge is 2.58. The minimum absolute atomic E-state index is 0.394. The average molecular weight is 333 g/mol. The van der Waals surface area contributed by atoms with Crippen LogP contribution in [-0.2, 0) is 13.9 Å². The summed E-state index contributed by atoms with van der Waals surface area (Å²) in [5.74, 6) is 0. The molecule has 0 amide bonds. The maximum Gasteiger partial charge on any atom is 0.171 e. The minimum atomic E-state index is -1.45. The van der Waals surface area contributed by atoms with Crippen molar-refractivity contribution < 1.29 is 13.9 Å². The van der Waals surface area contributed by atoms with Crippen LogP contribution in [0, 0.1) is 0 Å². The first-order valence-corrected chi connectivity index (χ1v) is 19.1. The molecule has 2 fully saturated rings. The van der Waals surface area contributed by atoms with Gasteiger partial charge in [0, 0.05) is 20.3 Å². The van der Waals surface area contributed by atoms with E-state index in [4.69, 9.17) is 13.9 Å². The van der Waals surface area contributed by atoms with Crippen molar-refractivity contribution in [2.45, 2.75) is 70.4 Å². The molecule has 2 heterocycles. The normalized spacial score (nSPS) is 33.9. The predicted octanol–water partition coefficient (Wildman–Crippen LogP) is 3.36. The van der Waals surface area contributed by atoms with Crippen molar-refractivity contribution in [3.05, 3.63) is 0 Å². The molecular formula is C14H32O3Si3. The molecule has 20 heavy (non-hydrogen) atoms. The lowest BCUT2D eigenvalue weighted by Crippen LogP contribution is -2.76. The molecule has 2 saturated heterocycles. The van der Waals surface area contributed by atoms with Crippen LogP contribution in [-0.4, -0.2) is 54.6 Å². The number of hydrogen-bond acceptors (Lipinski definition) is 3. The van der Waals surface area contributed by atoms with Gasteiger partial charge in [-0.05, 0) is 32.0 Å². The van der Waals surface area contributed by atoms with Gasteiger partial charge >= 0.3 is 0 Å². The first-order valence-electron chi connectivity index (χ1n) is 8.03. The van der Waals surface area contributed by atoms with E-state index in [2.05, 4.69) is 39.3 Å². The number of ether oxygens (including phenoxy) is 2. The fraction of sp³-hybridized carbons (Fsp3) is 1.00. The Morgan fingerprint density at radius 1 is 1.05 bits per heavy atom. The van der Waals surface area contributed by atoms with E-state index < -0.39 is 22.5 Å². The zero-order valence-electron chi connectivity index (χ0n) is 14.1. The lowest BCUT2D eigenvalue weighted by molar-refractivity contribution is 0.102. The highest BCUT2D eigenvalue weighted by Crippen LogP contribution is 2.40. The zero-order chi connectivity index (χ0) is 15.0. The van der Waals surface area contributed by atoms with Crippen molar-refractivity contribution in [3.63, 3.8) is 0 Å². The smallest absolute Gasteiger partial charge is 0.171 e. The molecule has 6 heteroatoms. The van der Waals surface area contributed by atoms with E-state index in [0.29, 0.717) is 12.2 Å². The van der Waals surface area contributed by atoms with Gasteiger partial charge in [-0.15, -0.1) is 0 Å². The monoisotopic (exact) mass is 332 g/mol. The predicted molar refractivity (Wildman–Crippen MR) is 91.9 cm³/mol. The van der Waals surface area contributed by atoms with Crippen molar-refractivity contribution in [3.8, 4) is 0 Å². The third kappa shape index (κ3) is 3.64. The van der Waals surface area contributed by atoms with E-state index in [1.807, 2.05) is 0 Å². The van der Waals surface area contributed by atoms with E-state index in [0.717, 1.165) is 26.2 Å². The Balaban J connectivity index is 1.78. The van der Waals surface area contributed by atoms with Gasteiger partial charge in [-0.1, -0.05) is 26.2 Å². The van der Waals surface area contributed by atoms with Gasteiger partial charge < -0.3 is 13.9 Å². The van der Waals surface area contributed by atoms with E-state index >= 15 is 0 Å². The molecule has 118 valence electrons. The summed E-state index contributed by atoms with van der Waals surface area (Å²) >= 11 is 0. The van der Waals surface area contributed by atoms with Crippen LogP contribution in [0.25, 0.3) is 0 Å². The molecule has 0 aromatic rings. The van der Waals surface area contributed by atoms with Gasteiger partial charge in [0.25, 0.3) is 0 Å². The minimum Gasteiger partial charge on any atom is -0.418 e. The lowest BCUT2D eigenvalue weighted by atomic mass is 10.2. The second-order valence-electron chi connectivity index (χ2n) is 8.14. The quantitative estimate of drug-likeness (QED) is 0.424.